The number of rotatable bonds is 5. The van der Waals surface area contributed by atoms with E-state index in [1.165, 1.54) is 16.8 Å². The fourth-order valence-electron chi connectivity index (χ4n) is 5.40. The number of aliphatic imine (C=N–C) groups is 1. The number of likely N-dealkylation sites (N-methyl/N-ethyl adjacent to an activating group) is 1. The van der Waals surface area contributed by atoms with Crippen molar-refractivity contribution in [3.8, 4) is 11.5 Å². The van der Waals surface area contributed by atoms with Gasteiger partial charge in [-0.25, -0.2) is 4.99 Å². The highest BCUT2D eigenvalue weighted by atomic mass is 16.5. The number of guanidine groups is 1. The van der Waals surface area contributed by atoms with E-state index in [0.717, 1.165) is 76.1 Å². The molecule has 7 heteroatoms. The van der Waals surface area contributed by atoms with Gasteiger partial charge in [0.15, 0.2) is 11.5 Å². The normalized spacial score (nSPS) is 20.1. The van der Waals surface area contributed by atoms with E-state index < -0.39 is 0 Å². The molecule has 2 aromatic carbocycles. The molecule has 0 amide bonds. The molecule has 2 fully saturated rings. The van der Waals surface area contributed by atoms with Crippen molar-refractivity contribution in [1.82, 2.24) is 14.7 Å². The molecule has 3 heterocycles. The molecular weight excluding hydrogens is 426 g/mol. The minimum absolute atomic E-state index is 0.419. The summed E-state index contributed by atoms with van der Waals surface area (Å²) in [4.78, 5) is 15.1. The van der Waals surface area contributed by atoms with Crippen LogP contribution in [0, 0.1) is 0 Å². The van der Waals surface area contributed by atoms with Crippen molar-refractivity contribution in [2.24, 2.45) is 4.99 Å². The molecule has 2 aromatic rings. The van der Waals surface area contributed by atoms with Gasteiger partial charge in [-0.2, -0.15) is 0 Å². The average Bonchev–Trinajstić information content (AvgIpc) is 2.89. The molecule has 0 aliphatic carbocycles. The standard InChI is InChI=1S/C27H37N5O2/c1-29-13-15-31(16-14-29)27-28-19-22-17-25(33-2)26(34-3)18-24(22)32(27)23-9-11-30(12-10-23)20-21-7-5-4-6-8-21/h4-8,17-18,23H,9-16,19-20H2,1-3H3. The summed E-state index contributed by atoms with van der Waals surface area (Å²) >= 11 is 0. The summed E-state index contributed by atoms with van der Waals surface area (Å²) < 4.78 is 11.3. The van der Waals surface area contributed by atoms with Crippen LogP contribution in [0.1, 0.15) is 24.0 Å². The first-order chi connectivity index (χ1) is 16.7. The van der Waals surface area contributed by atoms with Crippen molar-refractivity contribution in [3.05, 3.63) is 53.6 Å². The number of hydrogen-bond donors (Lipinski definition) is 0. The smallest absolute Gasteiger partial charge is 0.201 e. The Labute approximate surface area is 203 Å². The molecule has 0 unspecified atom stereocenters. The summed E-state index contributed by atoms with van der Waals surface area (Å²) in [5.74, 6) is 2.69. The van der Waals surface area contributed by atoms with Gasteiger partial charge in [-0.05, 0) is 31.5 Å². The Morgan fingerprint density at radius 1 is 0.882 bits per heavy atom. The number of piperidine rings is 1. The number of methoxy groups -OCH3 is 2. The van der Waals surface area contributed by atoms with Crippen LogP contribution in [0.25, 0.3) is 0 Å². The van der Waals surface area contributed by atoms with Gasteiger partial charge < -0.3 is 24.2 Å². The van der Waals surface area contributed by atoms with Crippen LogP contribution in [0.4, 0.5) is 5.69 Å². The largest absolute Gasteiger partial charge is 0.493 e. The Hall–Kier alpha value is -2.77. The molecule has 0 radical (unpaired) electrons. The molecule has 0 spiro atoms. The SMILES string of the molecule is COc1cc2c(cc1OC)N(C1CCN(Cc3ccccc3)CC1)C(N1CCN(C)CC1)=NC2. The maximum atomic E-state index is 5.70. The number of fused-ring (bicyclic) bond motifs is 1. The molecule has 0 N–H and O–H groups in total. The fraction of sp³-hybridized carbons (Fsp3) is 0.519. The quantitative estimate of drug-likeness (QED) is 0.678. The Morgan fingerprint density at radius 2 is 1.56 bits per heavy atom. The van der Waals surface area contributed by atoms with Crippen molar-refractivity contribution in [3.63, 3.8) is 0 Å². The van der Waals surface area contributed by atoms with Gasteiger partial charge in [0.1, 0.15) is 0 Å². The third kappa shape index (κ3) is 4.72. The zero-order chi connectivity index (χ0) is 23.5. The second kappa shape index (κ2) is 10.2. The van der Waals surface area contributed by atoms with E-state index in [4.69, 9.17) is 14.5 Å². The van der Waals surface area contributed by atoms with E-state index >= 15 is 0 Å². The van der Waals surface area contributed by atoms with Crippen molar-refractivity contribution < 1.29 is 9.47 Å². The number of ether oxygens (including phenoxy) is 2. The highest BCUT2D eigenvalue weighted by Gasteiger charge is 2.35. The van der Waals surface area contributed by atoms with E-state index in [0.29, 0.717) is 12.6 Å². The van der Waals surface area contributed by atoms with E-state index in [-0.39, 0.29) is 0 Å². The zero-order valence-corrected chi connectivity index (χ0v) is 20.7. The minimum atomic E-state index is 0.419. The van der Waals surface area contributed by atoms with Gasteiger partial charge in [0.05, 0.1) is 26.5 Å². The second-order valence-electron chi connectivity index (χ2n) is 9.61. The minimum Gasteiger partial charge on any atom is -0.493 e. The maximum absolute atomic E-state index is 5.70. The van der Waals surface area contributed by atoms with Gasteiger partial charge in [-0.3, -0.25) is 4.90 Å². The van der Waals surface area contributed by atoms with Crippen molar-refractivity contribution >= 4 is 11.6 Å². The summed E-state index contributed by atoms with van der Waals surface area (Å²) in [7, 11) is 5.62. The molecule has 0 saturated carbocycles. The summed E-state index contributed by atoms with van der Waals surface area (Å²) in [6.45, 7) is 8.06. The van der Waals surface area contributed by atoms with Gasteiger partial charge in [-0.1, -0.05) is 30.3 Å². The lowest BCUT2D eigenvalue weighted by molar-refractivity contribution is 0.196. The van der Waals surface area contributed by atoms with Crippen molar-refractivity contribution in [2.75, 3.05) is 65.4 Å². The Morgan fingerprint density at radius 3 is 2.24 bits per heavy atom. The van der Waals surface area contributed by atoms with Crippen LogP contribution < -0.4 is 14.4 Å². The molecule has 0 bridgehead atoms. The van der Waals surface area contributed by atoms with Crippen molar-refractivity contribution in [1.29, 1.82) is 0 Å². The molecule has 182 valence electrons. The van der Waals surface area contributed by atoms with Crippen molar-refractivity contribution in [2.45, 2.75) is 32.0 Å². The number of hydrogen-bond acceptors (Lipinski definition) is 7. The molecule has 5 rings (SSSR count). The Bertz CT molecular complexity index is 996. The molecule has 34 heavy (non-hydrogen) atoms. The van der Waals surface area contributed by atoms with Gasteiger partial charge in [0.25, 0.3) is 0 Å². The first-order valence-electron chi connectivity index (χ1n) is 12.4. The number of likely N-dealkylation sites (tertiary alicyclic amines) is 1. The van der Waals surface area contributed by atoms with Crippen LogP contribution in [-0.2, 0) is 13.1 Å². The van der Waals surface area contributed by atoms with Gasteiger partial charge in [-0.15, -0.1) is 0 Å². The number of anilines is 1. The van der Waals surface area contributed by atoms with E-state index in [1.54, 1.807) is 14.2 Å². The first-order valence-corrected chi connectivity index (χ1v) is 12.4. The molecule has 0 aromatic heterocycles. The monoisotopic (exact) mass is 463 g/mol. The molecule has 2 saturated heterocycles. The maximum Gasteiger partial charge on any atom is 0.201 e. The fourth-order valence-corrected chi connectivity index (χ4v) is 5.40. The number of benzene rings is 2. The molecule has 3 aliphatic heterocycles. The van der Waals surface area contributed by atoms with Crippen LogP contribution in [0.2, 0.25) is 0 Å². The molecular formula is C27H37N5O2. The molecule has 0 atom stereocenters. The van der Waals surface area contributed by atoms with Gasteiger partial charge in [0, 0.05) is 63.5 Å². The van der Waals surface area contributed by atoms with Gasteiger partial charge in [0.2, 0.25) is 5.96 Å². The summed E-state index contributed by atoms with van der Waals surface area (Å²) in [5.41, 5.74) is 3.83. The van der Waals surface area contributed by atoms with E-state index in [1.807, 2.05) is 0 Å². The van der Waals surface area contributed by atoms with Crippen LogP contribution in [0.5, 0.6) is 11.5 Å². The van der Waals surface area contributed by atoms with Crippen LogP contribution in [-0.4, -0.2) is 87.2 Å². The topological polar surface area (TPSA) is 43.8 Å². The Balaban J connectivity index is 1.40. The third-order valence-corrected chi connectivity index (χ3v) is 7.41. The average molecular weight is 464 g/mol. The summed E-state index contributed by atoms with van der Waals surface area (Å²) in [5, 5.41) is 0. The predicted octanol–water partition coefficient (Wildman–Crippen LogP) is 3.29. The van der Waals surface area contributed by atoms with Crippen LogP contribution >= 0.6 is 0 Å². The lowest BCUT2D eigenvalue weighted by Crippen LogP contribution is -2.57. The lowest BCUT2D eigenvalue weighted by Gasteiger charge is -2.46. The van der Waals surface area contributed by atoms with Crippen LogP contribution in [0.3, 0.4) is 0 Å². The summed E-state index contributed by atoms with van der Waals surface area (Å²) in [6, 6.07) is 15.5. The highest BCUT2D eigenvalue weighted by molar-refractivity contribution is 5.99. The second-order valence-corrected chi connectivity index (χ2v) is 9.61. The van der Waals surface area contributed by atoms with Crippen LogP contribution in [0.15, 0.2) is 47.5 Å². The van der Waals surface area contributed by atoms with Gasteiger partial charge >= 0.3 is 0 Å². The number of nitrogens with zero attached hydrogens (tertiary/aromatic N) is 5. The molecule has 7 nitrogen and oxygen atoms in total. The van der Waals surface area contributed by atoms with E-state index in [9.17, 15) is 0 Å². The first kappa shape index (κ1) is 23.0. The number of piperazine rings is 1. The zero-order valence-electron chi connectivity index (χ0n) is 20.7. The third-order valence-electron chi connectivity index (χ3n) is 7.41. The van der Waals surface area contributed by atoms with E-state index in [2.05, 4.69) is 69.1 Å². The Kier molecular flexibility index (Phi) is 6.92. The summed E-state index contributed by atoms with van der Waals surface area (Å²) in [6.07, 6.45) is 2.24. The highest BCUT2D eigenvalue weighted by Crippen LogP contribution is 2.40. The molecule has 3 aliphatic rings. The predicted molar refractivity (Wildman–Crippen MR) is 137 cm³/mol. The lowest BCUT2D eigenvalue weighted by atomic mass is 9.99.